The monoisotopic (exact) mass is 526 g/mol. The summed E-state index contributed by atoms with van der Waals surface area (Å²) in [5.41, 5.74) is 0.206. The molecule has 1 saturated heterocycles. The van der Waals surface area contributed by atoms with Gasteiger partial charge in [0.05, 0.1) is 18.8 Å². The molecule has 0 unspecified atom stereocenters. The second kappa shape index (κ2) is 11.2. The third-order valence-electron chi connectivity index (χ3n) is 5.39. The molecule has 1 saturated carbocycles. The molecule has 164 valence electrons. The number of nitrogens with zero attached hydrogens (tertiary/aromatic N) is 2. The van der Waals surface area contributed by atoms with Crippen LogP contribution in [0, 0.1) is 0 Å². The van der Waals surface area contributed by atoms with Crippen molar-refractivity contribution in [2.75, 3.05) is 38.3 Å². The summed E-state index contributed by atoms with van der Waals surface area (Å²) >= 11 is 0. The number of halogens is 4. The normalized spacial score (nSPS) is 18.9. The number of hydrogen-bond donors (Lipinski definition) is 2. The first-order chi connectivity index (χ1) is 13.5. The predicted octanol–water partition coefficient (Wildman–Crippen LogP) is 4.16. The average molecular weight is 526 g/mol. The van der Waals surface area contributed by atoms with Crippen LogP contribution in [0.4, 0.5) is 18.9 Å². The first-order valence-electron chi connectivity index (χ1n) is 9.97. The zero-order valence-electron chi connectivity index (χ0n) is 16.7. The van der Waals surface area contributed by atoms with Gasteiger partial charge in [-0.3, -0.25) is 4.99 Å². The van der Waals surface area contributed by atoms with Gasteiger partial charge in [0.15, 0.2) is 5.96 Å². The molecule has 5 nitrogen and oxygen atoms in total. The number of benzene rings is 1. The van der Waals surface area contributed by atoms with Gasteiger partial charge >= 0.3 is 6.18 Å². The van der Waals surface area contributed by atoms with Gasteiger partial charge in [-0.15, -0.1) is 24.0 Å². The molecule has 2 fully saturated rings. The molecule has 1 aromatic carbocycles. The number of guanidine groups is 1. The number of alkyl halides is 3. The zero-order valence-corrected chi connectivity index (χ0v) is 19.1. The van der Waals surface area contributed by atoms with Crippen LogP contribution >= 0.6 is 24.0 Å². The molecule has 0 bridgehead atoms. The maximum atomic E-state index is 13.7. The third kappa shape index (κ3) is 6.91. The van der Waals surface area contributed by atoms with Gasteiger partial charge in [-0.1, -0.05) is 25.3 Å². The molecule has 0 amide bonds. The van der Waals surface area contributed by atoms with Crippen molar-refractivity contribution in [3.05, 3.63) is 29.3 Å². The van der Waals surface area contributed by atoms with Gasteiger partial charge in [-0.25, -0.2) is 0 Å². The molecule has 2 aliphatic rings. The van der Waals surface area contributed by atoms with Crippen molar-refractivity contribution >= 4 is 35.6 Å². The van der Waals surface area contributed by atoms with E-state index in [-0.39, 0.29) is 36.1 Å². The third-order valence-corrected chi connectivity index (χ3v) is 5.39. The molecule has 2 N–H and O–H groups in total. The fourth-order valence-corrected chi connectivity index (χ4v) is 3.81. The van der Waals surface area contributed by atoms with Crippen LogP contribution in [-0.4, -0.2) is 45.4 Å². The second-order valence-corrected chi connectivity index (χ2v) is 7.34. The van der Waals surface area contributed by atoms with Crippen molar-refractivity contribution in [1.82, 2.24) is 10.6 Å². The van der Waals surface area contributed by atoms with Gasteiger partial charge in [0.25, 0.3) is 0 Å². The first-order valence-corrected chi connectivity index (χ1v) is 9.97. The molecule has 1 aliphatic heterocycles. The van der Waals surface area contributed by atoms with E-state index in [1.165, 1.54) is 25.3 Å². The van der Waals surface area contributed by atoms with E-state index in [4.69, 9.17) is 4.74 Å². The number of aliphatic imine (C=N–C) groups is 1. The van der Waals surface area contributed by atoms with E-state index in [1.807, 2.05) is 4.90 Å². The Kier molecular flexibility index (Phi) is 9.32. The van der Waals surface area contributed by atoms with Crippen LogP contribution in [0.2, 0.25) is 0 Å². The summed E-state index contributed by atoms with van der Waals surface area (Å²) in [6.45, 7) is 2.35. The van der Waals surface area contributed by atoms with Gasteiger partial charge in [-0.05, 0) is 30.5 Å². The van der Waals surface area contributed by atoms with Crippen molar-refractivity contribution in [2.24, 2.45) is 4.99 Å². The smallest absolute Gasteiger partial charge is 0.378 e. The topological polar surface area (TPSA) is 48.9 Å². The maximum Gasteiger partial charge on any atom is 0.416 e. The molecule has 0 radical (unpaired) electrons. The lowest BCUT2D eigenvalue weighted by atomic mass is 9.96. The number of ether oxygens (including phenoxy) is 1. The van der Waals surface area contributed by atoms with Gasteiger partial charge in [0, 0.05) is 38.4 Å². The molecular formula is C20H30F3IN4O. The summed E-state index contributed by atoms with van der Waals surface area (Å²) in [5, 5.41) is 6.38. The van der Waals surface area contributed by atoms with Gasteiger partial charge in [0.2, 0.25) is 0 Å². The van der Waals surface area contributed by atoms with Crippen LogP contribution < -0.4 is 15.5 Å². The van der Waals surface area contributed by atoms with Crippen molar-refractivity contribution in [3.63, 3.8) is 0 Å². The zero-order chi connectivity index (χ0) is 20.0. The van der Waals surface area contributed by atoms with E-state index >= 15 is 0 Å². The highest BCUT2D eigenvalue weighted by Crippen LogP contribution is 2.35. The average Bonchev–Trinajstić information content (AvgIpc) is 2.71. The molecular weight excluding hydrogens is 496 g/mol. The van der Waals surface area contributed by atoms with E-state index in [0.29, 0.717) is 44.0 Å². The minimum atomic E-state index is -4.40. The summed E-state index contributed by atoms with van der Waals surface area (Å²) < 4.78 is 46.3. The van der Waals surface area contributed by atoms with Gasteiger partial charge < -0.3 is 20.3 Å². The van der Waals surface area contributed by atoms with Crippen LogP contribution in [0.3, 0.4) is 0 Å². The summed E-state index contributed by atoms with van der Waals surface area (Å²) in [5.74, 6) is 0.553. The summed E-state index contributed by atoms with van der Waals surface area (Å²) in [4.78, 5) is 6.10. The van der Waals surface area contributed by atoms with Crippen molar-refractivity contribution in [3.8, 4) is 0 Å². The van der Waals surface area contributed by atoms with E-state index < -0.39 is 11.7 Å². The highest BCUT2D eigenvalue weighted by Gasteiger charge is 2.34. The Morgan fingerprint density at radius 3 is 2.48 bits per heavy atom. The number of morpholine rings is 1. The minimum absolute atomic E-state index is 0. The van der Waals surface area contributed by atoms with Gasteiger partial charge in [0.1, 0.15) is 0 Å². The van der Waals surface area contributed by atoms with Crippen molar-refractivity contribution in [1.29, 1.82) is 0 Å². The number of hydrogen-bond acceptors (Lipinski definition) is 3. The van der Waals surface area contributed by atoms with E-state index in [0.717, 1.165) is 12.8 Å². The van der Waals surface area contributed by atoms with Crippen molar-refractivity contribution < 1.29 is 17.9 Å². The Bertz CT molecular complexity index is 672. The Balaban J connectivity index is 0.00000300. The SMILES string of the molecule is CN=C(NCc1ccc(N2CCOCC2)cc1C(F)(F)F)NC1CCCCC1.I. The lowest BCUT2D eigenvalue weighted by Crippen LogP contribution is -2.44. The fraction of sp³-hybridized carbons (Fsp3) is 0.650. The molecule has 0 atom stereocenters. The number of nitrogens with one attached hydrogen (secondary N) is 2. The molecule has 1 aliphatic carbocycles. The van der Waals surface area contributed by atoms with Crippen LogP contribution in [0.1, 0.15) is 43.2 Å². The summed E-state index contributed by atoms with van der Waals surface area (Å²) in [6, 6.07) is 4.91. The summed E-state index contributed by atoms with van der Waals surface area (Å²) in [7, 11) is 1.64. The molecule has 0 spiro atoms. The Morgan fingerprint density at radius 2 is 1.86 bits per heavy atom. The standard InChI is InChI=1S/C20H29F3N4O.HI/c1-24-19(26-16-5-3-2-4-6-16)25-14-15-7-8-17(13-18(15)20(21,22)23)27-9-11-28-12-10-27;/h7-8,13,16H,2-6,9-12,14H2,1H3,(H2,24,25,26);1H. The molecule has 29 heavy (non-hydrogen) atoms. The molecule has 9 heteroatoms. The van der Waals surface area contributed by atoms with Crippen LogP contribution in [-0.2, 0) is 17.5 Å². The Labute approximate surface area is 187 Å². The quantitative estimate of drug-likeness (QED) is 0.352. The van der Waals surface area contributed by atoms with Crippen LogP contribution in [0.15, 0.2) is 23.2 Å². The van der Waals surface area contributed by atoms with Crippen molar-refractivity contribution in [2.45, 2.75) is 50.9 Å². The number of anilines is 1. The van der Waals surface area contributed by atoms with Crippen LogP contribution in [0.25, 0.3) is 0 Å². The first kappa shape index (κ1) is 24.0. The second-order valence-electron chi connectivity index (χ2n) is 7.34. The van der Waals surface area contributed by atoms with E-state index in [1.54, 1.807) is 19.2 Å². The summed E-state index contributed by atoms with van der Waals surface area (Å²) in [6.07, 6.45) is 1.34. The largest absolute Gasteiger partial charge is 0.416 e. The Morgan fingerprint density at radius 1 is 1.17 bits per heavy atom. The lowest BCUT2D eigenvalue weighted by molar-refractivity contribution is -0.138. The highest BCUT2D eigenvalue weighted by molar-refractivity contribution is 14.0. The predicted molar refractivity (Wildman–Crippen MR) is 120 cm³/mol. The minimum Gasteiger partial charge on any atom is -0.378 e. The maximum absolute atomic E-state index is 13.7. The number of rotatable bonds is 4. The Hall–Kier alpha value is -1.23. The van der Waals surface area contributed by atoms with E-state index in [9.17, 15) is 13.2 Å². The molecule has 0 aromatic heterocycles. The molecule has 3 rings (SSSR count). The van der Waals surface area contributed by atoms with E-state index in [2.05, 4.69) is 15.6 Å². The van der Waals surface area contributed by atoms with Gasteiger partial charge in [-0.2, -0.15) is 13.2 Å². The molecule has 1 heterocycles. The lowest BCUT2D eigenvalue weighted by Gasteiger charge is -2.30. The fourth-order valence-electron chi connectivity index (χ4n) is 3.81. The van der Waals surface area contributed by atoms with Crippen LogP contribution in [0.5, 0.6) is 0 Å². The highest BCUT2D eigenvalue weighted by atomic mass is 127. The molecule has 1 aromatic rings.